The zero-order chi connectivity index (χ0) is 14.1. The van der Waals surface area contributed by atoms with Crippen LogP contribution in [0.2, 0.25) is 0 Å². The summed E-state index contributed by atoms with van der Waals surface area (Å²) in [6.07, 6.45) is 0. The van der Waals surface area contributed by atoms with Gasteiger partial charge < -0.3 is 5.32 Å². The Kier molecular flexibility index (Phi) is 3.87. The van der Waals surface area contributed by atoms with Crippen LogP contribution >= 0.6 is 27.3 Å². The second-order valence-electron chi connectivity index (χ2n) is 4.59. The summed E-state index contributed by atoms with van der Waals surface area (Å²) in [5.41, 5.74) is 2.27. The Bertz CT molecular complexity index is 753. The lowest BCUT2D eigenvalue weighted by molar-refractivity contribution is 0.637. The van der Waals surface area contributed by atoms with E-state index < -0.39 is 0 Å². The molecular weight excluding hydrogens is 337 g/mol. The third kappa shape index (κ3) is 2.39. The number of nitrogens with one attached hydrogen (secondary N) is 1. The fraction of sp³-hybridized carbons (Fsp3) is 0.125. The molecule has 0 aliphatic rings. The van der Waals surface area contributed by atoms with Gasteiger partial charge in [-0.2, -0.15) is 0 Å². The summed E-state index contributed by atoms with van der Waals surface area (Å²) in [4.78, 5) is 0. The van der Waals surface area contributed by atoms with Crippen molar-refractivity contribution in [3.8, 4) is 0 Å². The molecule has 0 radical (unpaired) electrons. The van der Waals surface area contributed by atoms with Gasteiger partial charge in [-0.15, -0.1) is 11.3 Å². The quantitative estimate of drug-likeness (QED) is 0.692. The van der Waals surface area contributed by atoms with Crippen molar-refractivity contribution in [2.45, 2.75) is 6.04 Å². The second-order valence-corrected chi connectivity index (χ2v) is 6.88. The number of benzene rings is 2. The van der Waals surface area contributed by atoms with Crippen molar-refractivity contribution in [2.75, 3.05) is 7.05 Å². The van der Waals surface area contributed by atoms with Crippen molar-refractivity contribution >= 4 is 38.0 Å². The number of hydrogen-bond donors (Lipinski definition) is 1. The first-order chi connectivity index (χ1) is 9.70. The predicted octanol–water partition coefficient (Wildman–Crippen LogP) is 5.11. The van der Waals surface area contributed by atoms with Gasteiger partial charge in [0.05, 0.1) is 9.83 Å². The summed E-state index contributed by atoms with van der Waals surface area (Å²) >= 11 is 5.15. The molecule has 0 saturated heterocycles. The van der Waals surface area contributed by atoms with E-state index in [1.165, 1.54) is 5.56 Å². The number of fused-ring (bicyclic) bond motifs is 1. The molecule has 1 heterocycles. The Balaban J connectivity index is 2.20. The van der Waals surface area contributed by atoms with Crippen LogP contribution in [0.4, 0.5) is 4.39 Å². The first-order valence-corrected chi connectivity index (χ1v) is 7.96. The van der Waals surface area contributed by atoms with Gasteiger partial charge in [-0.05, 0) is 57.0 Å². The van der Waals surface area contributed by atoms with Gasteiger partial charge in [0.2, 0.25) is 0 Å². The van der Waals surface area contributed by atoms with Crippen LogP contribution in [0.1, 0.15) is 17.2 Å². The molecule has 102 valence electrons. The molecule has 0 fully saturated rings. The Labute approximate surface area is 129 Å². The Morgan fingerprint density at radius 1 is 1.15 bits per heavy atom. The van der Waals surface area contributed by atoms with Crippen molar-refractivity contribution in [3.05, 3.63) is 68.6 Å². The molecule has 2 aromatic carbocycles. The van der Waals surface area contributed by atoms with Crippen LogP contribution in [0.5, 0.6) is 0 Å². The minimum absolute atomic E-state index is 0.0584. The zero-order valence-corrected chi connectivity index (χ0v) is 13.3. The molecule has 4 heteroatoms. The second kappa shape index (κ2) is 5.64. The Morgan fingerprint density at radius 2 is 1.90 bits per heavy atom. The SMILES string of the molecule is CNC(c1csc(Br)c1)c1ccc(F)c2ccccc12. The maximum absolute atomic E-state index is 13.9. The van der Waals surface area contributed by atoms with Crippen LogP contribution in [0.15, 0.2) is 51.6 Å². The summed E-state index contributed by atoms with van der Waals surface area (Å²) in [7, 11) is 1.92. The highest BCUT2D eigenvalue weighted by molar-refractivity contribution is 9.11. The molecular formula is C16H13BrFNS. The van der Waals surface area contributed by atoms with Gasteiger partial charge >= 0.3 is 0 Å². The smallest absolute Gasteiger partial charge is 0.131 e. The first-order valence-electron chi connectivity index (χ1n) is 6.29. The summed E-state index contributed by atoms with van der Waals surface area (Å²) in [6.45, 7) is 0. The topological polar surface area (TPSA) is 12.0 Å². The van der Waals surface area contributed by atoms with Crippen LogP contribution in [0, 0.1) is 5.82 Å². The van der Waals surface area contributed by atoms with E-state index in [1.807, 2.05) is 37.4 Å². The lowest BCUT2D eigenvalue weighted by Gasteiger charge is -2.18. The summed E-state index contributed by atoms with van der Waals surface area (Å²) in [5, 5.41) is 7.06. The Morgan fingerprint density at radius 3 is 2.55 bits per heavy atom. The molecule has 0 saturated carbocycles. The summed E-state index contributed by atoms with van der Waals surface area (Å²) < 4.78 is 15.0. The molecule has 3 aromatic rings. The summed E-state index contributed by atoms with van der Waals surface area (Å²) in [6, 6.07) is 13.2. The molecule has 0 bridgehead atoms. The van der Waals surface area contributed by atoms with Crippen LogP contribution in [-0.4, -0.2) is 7.05 Å². The van der Waals surface area contributed by atoms with Crippen molar-refractivity contribution in [3.63, 3.8) is 0 Å². The van der Waals surface area contributed by atoms with Gasteiger partial charge in [0, 0.05) is 5.39 Å². The molecule has 1 N–H and O–H groups in total. The zero-order valence-electron chi connectivity index (χ0n) is 10.9. The van der Waals surface area contributed by atoms with Crippen molar-refractivity contribution in [1.82, 2.24) is 5.32 Å². The van der Waals surface area contributed by atoms with E-state index in [4.69, 9.17) is 0 Å². The molecule has 0 aliphatic heterocycles. The van der Waals surface area contributed by atoms with Crippen molar-refractivity contribution in [1.29, 1.82) is 0 Å². The number of rotatable bonds is 3. The minimum atomic E-state index is -0.175. The molecule has 0 aliphatic carbocycles. The van der Waals surface area contributed by atoms with Gasteiger partial charge in [0.1, 0.15) is 5.82 Å². The van der Waals surface area contributed by atoms with Gasteiger partial charge in [-0.25, -0.2) is 4.39 Å². The molecule has 0 spiro atoms. The van der Waals surface area contributed by atoms with Crippen LogP contribution < -0.4 is 5.32 Å². The van der Waals surface area contributed by atoms with Gasteiger partial charge in [0.25, 0.3) is 0 Å². The molecule has 1 unspecified atom stereocenters. The normalized spacial score (nSPS) is 12.8. The largest absolute Gasteiger partial charge is 0.309 e. The van der Waals surface area contributed by atoms with E-state index in [1.54, 1.807) is 17.4 Å². The maximum atomic E-state index is 13.9. The first kappa shape index (κ1) is 13.7. The lowest BCUT2D eigenvalue weighted by Crippen LogP contribution is -2.17. The van der Waals surface area contributed by atoms with E-state index in [0.717, 1.165) is 14.7 Å². The van der Waals surface area contributed by atoms with Crippen molar-refractivity contribution < 1.29 is 4.39 Å². The van der Waals surface area contributed by atoms with Gasteiger partial charge in [0.15, 0.2) is 0 Å². The summed E-state index contributed by atoms with van der Waals surface area (Å²) in [5.74, 6) is -0.175. The monoisotopic (exact) mass is 349 g/mol. The van der Waals surface area contributed by atoms with Crippen LogP contribution in [-0.2, 0) is 0 Å². The predicted molar refractivity (Wildman–Crippen MR) is 86.8 cm³/mol. The fourth-order valence-corrected chi connectivity index (χ4v) is 3.72. The number of thiophene rings is 1. The molecule has 20 heavy (non-hydrogen) atoms. The molecule has 1 nitrogen and oxygen atoms in total. The van der Waals surface area contributed by atoms with Crippen LogP contribution in [0.3, 0.4) is 0 Å². The molecule has 1 aromatic heterocycles. The van der Waals surface area contributed by atoms with Crippen molar-refractivity contribution in [2.24, 2.45) is 0 Å². The minimum Gasteiger partial charge on any atom is -0.309 e. The van der Waals surface area contributed by atoms with E-state index in [2.05, 4.69) is 32.7 Å². The van der Waals surface area contributed by atoms with E-state index in [9.17, 15) is 4.39 Å². The third-order valence-electron chi connectivity index (χ3n) is 3.43. The van der Waals surface area contributed by atoms with Crippen LogP contribution in [0.25, 0.3) is 10.8 Å². The average Bonchev–Trinajstić information content (AvgIpc) is 2.89. The molecule has 1 atom stereocenters. The van der Waals surface area contributed by atoms with Gasteiger partial charge in [-0.3, -0.25) is 0 Å². The van der Waals surface area contributed by atoms with E-state index in [-0.39, 0.29) is 11.9 Å². The third-order valence-corrected chi connectivity index (χ3v) is 4.95. The van der Waals surface area contributed by atoms with E-state index >= 15 is 0 Å². The standard InChI is InChI=1S/C16H13BrFNS/c1-19-16(10-8-15(17)20-9-10)13-6-7-14(18)12-5-3-2-4-11(12)13/h2-9,16,19H,1H3. The number of halogens is 2. The molecule has 0 amide bonds. The lowest BCUT2D eigenvalue weighted by atomic mass is 9.95. The fourth-order valence-electron chi connectivity index (χ4n) is 2.51. The van der Waals surface area contributed by atoms with Gasteiger partial charge in [-0.1, -0.05) is 30.3 Å². The highest BCUT2D eigenvalue weighted by atomic mass is 79.9. The maximum Gasteiger partial charge on any atom is 0.131 e. The number of hydrogen-bond acceptors (Lipinski definition) is 2. The van der Waals surface area contributed by atoms with E-state index in [0.29, 0.717) is 5.39 Å². The average molecular weight is 350 g/mol. The Hall–Kier alpha value is -1.23. The highest BCUT2D eigenvalue weighted by Gasteiger charge is 2.17. The molecule has 3 rings (SSSR count). The highest BCUT2D eigenvalue weighted by Crippen LogP contribution is 2.33.